The minimum Gasteiger partial charge on any atom is -0.226 e. The van der Waals surface area contributed by atoms with Crippen molar-refractivity contribution in [3.8, 4) is 11.1 Å². The van der Waals surface area contributed by atoms with Gasteiger partial charge in [0.15, 0.2) is 0 Å². The van der Waals surface area contributed by atoms with Gasteiger partial charge in [0.05, 0.1) is 0 Å². The summed E-state index contributed by atoms with van der Waals surface area (Å²) in [5.74, 6) is 0. The third kappa shape index (κ3) is 11.1. The van der Waals surface area contributed by atoms with E-state index >= 15 is 0 Å². The van der Waals surface area contributed by atoms with Gasteiger partial charge in [-0.15, -0.1) is 12.1 Å². The van der Waals surface area contributed by atoms with Crippen LogP contribution in [-0.2, 0) is 32.7 Å². The molecule has 1 radical (unpaired) electrons. The van der Waals surface area contributed by atoms with Crippen LogP contribution in [0.4, 0.5) is 0 Å². The van der Waals surface area contributed by atoms with Gasteiger partial charge < -0.3 is 0 Å². The van der Waals surface area contributed by atoms with Crippen molar-refractivity contribution in [3.05, 3.63) is 60.7 Å². The SMILES string of the molecule is CCC.CCC.[Y].[c-]1ccccc1-c1[c-]cccc1. The first-order valence-electron chi connectivity index (χ1n) is 6.73. The Hall–Kier alpha value is -0.456. The monoisotopic (exact) mass is 329 g/mol. The van der Waals surface area contributed by atoms with Crippen LogP contribution in [0.2, 0.25) is 0 Å². The standard InChI is InChI=1S/C12H8.2C3H8.Y/c1-3-7-11(8-4-1)12-9-5-2-6-10-12;2*1-3-2;/h1-7,9H;2*3H2,1-2H3;/q-2;;;. The van der Waals surface area contributed by atoms with Gasteiger partial charge in [-0.25, -0.2) is 11.1 Å². The van der Waals surface area contributed by atoms with Gasteiger partial charge in [0.2, 0.25) is 0 Å². The molecular formula is C18H24Y-2. The molecule has 0 heterocycles. The maximum absolute atomic E-state index is 3.15. The van der Waals surface area contributed by atoms with Gasteiger partial charge in [-0.05, 0) is 0 Å². The van der Waals surface area contributed by atoms with Crippen molar-refractivity contribution in [2.45, 2.75) is 40.5 Å². The predicted molar refractivity (Wildman–Crippen MR) is 81.5 cm³/mol. The van der Waals surface area contributed by atoms with Gasteiger partial charge in [-0.2, -0.15) is 48.5 Å². The van der Waals surface area contributed by atoms with Crippen molar-refractivity contribution in [3.63, 3.8) is 0 Å². The van der Waals surface area contributed by atoms with Crippen LogP contribution < -0.4 is 0 Å². The summed E-state index contributed by atoms with van der Waals surface area (Å²) < 4.78 is 0. The van der Waals surface area contributed by atoms with E-state index in [1.54, 1.807) is 0 Å². The van der Waals surface area contributed by atoms with E-state index in [-0.39, 0.29) is 32.7 Å². The Balaban J connectivity index is 0. The molecule has 2 rings (SSSR count). The molecule has 2 aromatic rings. The second-order valence-electron chi connectivity index (χ2n) is 3.97. The molecule has 0 aliphatic carbocycles. The summed E-state index contributed by atoms with van der Waals surface area (Å²) in [6.07, 6.45) is 2.50. The zero-order chi connectivity index (χ0) is 13.6. The average molecular weight is 329 g/mol. The fraction of sp³-hybridized carbons (Fsp3) is 0.333. The first kappa shape index (κ1) is 20.9. The van der Waals surface area contributed by atoms with Crippen LogP contribution >= 0.6 is 0 Å². The van der Waals surface area contributed by atoms with Gasteiger partial charge in [0.1, 0.15) is 0 Å². The van der Waals surface area contributed by atoms with Crippen LogP contribution in [0.15, 0.2) is 48.5 Å². The molecule has 19 heavy (non-hydrogen) atoms. The number of hydrogen-bond acceptors (Lipinski definition) is 0. The molecule has 0 saturated heterocycles. The van der Waals surface area contributed by atoms with E-state index < -0.39 is 0 Å². The van der Waals surface area contributed by atoms with E-state index in [1.165, 1.54) is 12.8 Å². The summed E-state index contributed by atoms with van der Waals surface area (Å²) in [5, 5.41) is 0. The first-order valence-corrected chi connectivity index (χ1v) is 6.73. The summed E-state index contributed by atoms with van der Waals surface area (Å²) in [6.45, 7) is 8.50. The van der Waals surface area contributed by atoms with Crippen molar-refractivity contribution >= 4 is 0 Å². The maximum Gasteiger partial charge on any atom is 0 e. The molecule has 0 amide bonds. The Morgan fingerprint density at radius 3 is 1.21 bits per heavy atom. The van der Waals surface area contributed by atoms with Gasteiger partial charge in [-0.3, -0.25) is 0 Å². The Bertz CT molecular complexity index is 328. The molecule has 0 aromatic heterocycles. The molecule has 101 valence electrons. The summed E-state index contributed by atoms with van der Waals surface area (Å²) >= 11 is 0. The molecule has 0 aliphatic rings. The molecule has 0 fully saturated rings. The molecule has 0 atom stereocenters. The van der Waals surface area contributed by atoms with E-state index in [2.05, 4.69) is 39.8 Å². The zero-order valence-corrected chi connectivity index (χ0v) is 15.4. The number of hydrogen-bond donors (Lipinski definition) is 0. The van der Waals surface area contributed by atoms with Crippen LogP contribution in [0, 0.1) is 12.1 Å². The van der Waals surface area contributed by atoms with Crippen LogP contribution in [0.3, 0.4) is 0 Å². The smallest absolute Gasteiger partial charge is 0 e. The van der Waals surface area contributed by atoms with Gasteiger partial charge >= 0.3 is 0 Å². The van der Waals surface area contributed by atoms with Crippen molar-refractivity contribution in [2.24, 2.45) is 0 Å². The number of benzene rings is 2. The van der Waals surface area contributed by atoms with Crippen molar-refractivity contribution in [2.75, 3.05) is 0 Å². The molecule has 0 bridgehead atoms. The van der Waals surface area contributed by atoms with Crippen molar-refractivity contribution in [1.82, 2.24) is 0 Å². The Labute approximate surface area is 144 Å². The van der Waals surface area contributed by atoms with Gasteiger partial charge in [0, 0.05) is 32.7 Å². The molecule has 0 unspecified atom stereocenters. The second kappa shape index (κ2) is 15.6. The largest absolute Gasteiger partial charge is 0.226 e. The molecule has 2 aromatic carbocycles. The molecule has 1 heteroatoms. The van der Waals surface area contributed by atoms with E-state index in [4.69, 9.17) is 0 Å². The summed E-state index contributed by atoms with van der Waals surface area (Å²) in [4.78, 5) is 0. The Morgan fingerprint density at radius 1 is 0.684 bits per heavy atom. The van der Waals surface area contributed by atoms with Crippen molar-refractivity contribution in [1.29, 1.82) is 0 Å². The summed E-state index contributed by atoms with van der Waals surface area (Å²) in [5.41, 5.74) is 2.19. The summed E-state index contributed by atoms with van der Waals surface area (Å²) in [6, 6.07) is 22.1. The minimum atomic E-state index is 0. The molecule has 0 nitrogen and oxygen atoms in total. The van der Waals surface area contributed by atoms with Gasteiger partial charge in [-0.1, -0.05) is 40.5 Å². The molecule has 0 spiro atoms. The maximum atomic E-state index is 3.15. The number of rotatable bonds is 1. The fourth-order valence-corrected chi connectivity index (χ4v) is 1.12. The van der Waals surface area contributed by atoms with E-state index in [0.29, 0.717) is 0 Å². The van der Waals surface area contributed by atoms with Crippen LogP contribution in [-0.4, -0.2) is 0 Å². The van der Waals surface area contributed by atoms with E-state index in [9.17, 15) is 0 Å². The zero-order valence-electron chi connectivity index (χ0n) is 12.6. The fourth-order valence-electron chi connectivity index (χ4n) is 1.12. The second-order valence-corrected chi connectivity index (χ2v) is 3.97. The third-order valence-corrected chi connectivity index (χ3v) is 1.71. The van der Waals surface area contributed by atoms with Crippen LogP contribution in [0.25, 0.3) is 11.1 Å². The minimum absolute atomic E-state index is 0. The average Bonchev–Trinajstić information content (AvgIpc) is 2.43. The van der Waals surface area contributed by atoms with Crippen LogP contribution in [0.1, 0.15) is 40.5 Å². The molecule has 0 N–H and O–H groups in total. The van der Waals surface area contributed by atoms with Crippen molar-refractivity contribution < 1.29 is 32.7 Å². The van der Waals surface area contributed by atoms with Gasteiger partial charge in [0.25, 0.3) is 0 Å². The van der Waals surface area contributed by atoms with E-state index in [1.807, 2.05) is 48.5 Å². The summed E-state index contributed by atoms with van der Waals surface area (Å²) in [7, 11) is 0. The van der Waals surface area contributed by atoms with Crippen LogP contribution in [0.5, 0.6) is 0 Å². The topological polar surface area (TPSA) is 0 Å². The quantitative estimate of drug-likeness (QED) is 0.581. The molecule has 0 aliphatic heterocycles. The first-order chi connectivity index (χ1) is 8.79. The normalized spacial score (nSPS) is 8.00. The Kier molecular flexibility index (Phi) is 17.1. The van der Waals surface area contributed by atoms with E-state index in [0.717, 1.165) is 11.1 Å². The predicted octanol–water partition coefficient (Wildman–Crippen LogP) is 5.78. The third-order valence-electron chi connectivity index (χ3n) is 1.71. The molecular weight excluding hydrogens is 305 g/mol. The molecule has 0 saturated carbocycles. The Morgan fingerprint density at radius 2 is 1.00 bits per heavy atom.